The summed E-state index contributed by atoms with van der Waals surface area (Å²) in [6.45, 7) is 1.02. The predicted molar refractivity (Wildman–Crippen MR) is 59.4 cm³/mol. The first-order chi connectivity index (χ1) is 7.70. The maximum atomic E-state index is 11.5. The van der Waals surface area contributed by atoms with Crippen LogP contribution in [0.2, 0.25) is 0 Å². The maximum Gasteiger partial charge on any atom is 0.414 e. The fourth-order valence-corrected chi connectivity index (χ4v) is 1.70. The van der Waals surface area contributed by atoms with Crippen LogP contribution in [0.25, 0.3) is 0 Å². The molecule has 5 nitrogen and oxygen atoms in total. The summed E-state index contributed by atoms with van der Waals surface area (Å²) in [5.41, 5.74) is 6.14. The van der Waals surface area contributed by atoms with Gasteiger partial charge >= 0.3 is 6.09 Å². The van der Waals surface area contributed by atoms with E-state index in [9.17, 15) is 4.79 Å². The van der Waals surface area contributed by atoms with Gasteiger partial charge in [0, 0.05) is 5.69 Å². The van der Waals surface area contributed by atoms with E-state index in [1.54, 1.807) is 29.2 Å². The van der Waals surface area contributed by atoms with Crippen LogP contribution in [0.1, 0.15) is 6.42 Å². The van der Waals surface area contributed by atoms with Gasteiger partial charge in [-0.2, -0.15) is 0 Å². The smallest absolute Gasteiger partial charge is 0.414 e. The maximum absolute atomic E-state index is 11.5. The minimum atomic E-state index is -0.357. The molecule has 0 radical (unpaired) electrons. The van der Waals surface area contributed by atoms with Crippen molar-refractivity contribution in [2.24, 2.45) is 5.73 Å². The number of hydrogen-bond acceptors (Lipinski definition) is 4. The number of aromatic hydroxyl groups is 1. The molecule has 0 bridgehead atoms. The summed E-state index contributed by atoms with van der Waals surface area (Å²) >= 11 is 0. The Labute approximate surface area is 93.4 Å². The van der Waals surface area contributed by atoms with E-state index in [1.165, 1.54) is 0 Å². The van der Waals surface area contributed by atoms with E-state index in [4.69, 9.17) is 15.6 Å². The number of carbonyl (C=O) groups excluding carboxylic acids is 1. The highest BCUT2D eigenvalue weighted by molar-refractivity contribution is 5.89. The Morgan fingerprint density at radius 1 is 1.44 bits per heavy atom. The van der Waals surface area contributed by atoms with Crippen molar-refractivity contribution >= 4 is 11.8 Å². The second-order valence-electron chi connectivity index (χ2n) is 3.71. The third-order valence-electron chi connectivity index (χ3n) is 2.52. The van der Waals surface area contributed by atoms with E-state index in [1.807, 2.05) is 0 Å². The van der Waals surface area contributed by atoms with E-state index in [2.05, 4.69) is 0 Å². The van der Waals surface area contributed by atoms with Crippen molar-refractivity contribution in [3.63, 3.8) is 0 Å². The Morgan fingerprint density at radius 2 is 2.12 bits per heavy atom. The van der Waals surface area contributed by atoms with Crippen LogP contribution in [0.15, 0.2) is 24.3 Å². The number of benzene rings is 1. The molecule has 1 amide bonds. The van der Waals surface area contributed by atoms with Crippen molar-refractivity contribution in [2.75, 3.05) is 18.0 Å². The Bertz CT molecular complexity index is 377. The lowest BCUT2D eigenvalue weighted by molar-refractivity contribution is 0.138. The van der Waals surface area contributed by atoms with Crippen LogP contribution in [-0.2, 0) is 4.74 Å². The number of phenolic OH excluding ortho intramolecular Hbond substituents is 1. The van der Waals surface area contributed by atoms with Gasteiger partial charge in [0.25, 0.3) is 0 Å². The molecule has 86 valence electrons. The molecule has 0 aromatic heterocycles. The summed E-state index contributed by atoms with van der Waals surface area (Å²) in [5, 5.41) is 9.15. The number of phenols is 1. The molecule has 0 aliphatic carbocycles. The quantitative estimate of drug-likeness (QED) is 0.802. The van der Waals surface area contributed by atoms with Crippen molar-refractivity contribution in [3.05, 3.63) is 24.3 Å². The molecule has 1 atom stereocenters. The zero-order valence-corrected chi connectivity index (χ0v) is 8.80. The summed E-state index contributed by atoms with van der Waals surface area (Å²) in [5.74, 6) is 0.176. The van der Waals surface area contributed by atoms with Gasteiger partial charge in [0.15, 0.2) is 0 Å². The summed E-state index contributed by atoms with van der Waals surface area (Å²) in [4.78, 5) is 13.1. The normalized spacial score (nSPS) is 19.9. The number of amides is 1. The molecule has 1 aliphatic rings. The minimum Gasteiger partial charge on any atom is -0.508 e. The molecule has 1 saturated heterocycles. The van der Waals surface area contributed by atoms with Crippen LogP contribution in [-0.4, -0.2) is 30.4 Å². The number of nitrogens with zero attached hydrogens (tertiary/aromatic N) is 1. The number of rotatable bonds is 3. The molecule has 1 heterocycles. The number of cyclic esters (lactones) is 1. The van der Waals surface area contributed by atoms with Gasteiger partial charge in [-0.15, -0.1) is 0 Å². The number of hydrogen-bond donors (Lipinski definition) is 2. The lowest BCUT2D eigenvalue weighted by Crippen LogP contribution is -2.24. The Balaban J connectivity index is 2.10. The summed E-state index contributed by atoms with van der Waals surface area (Å²) < 4.78 is 5.14. The zero-order chi connectivity index (χ0) is 11.5. The van der Waals surface area contributed by atoms with Gasteiger partial charge in [-0.1, -0.05) is 0 Å². The third-order valence-corrected chi connectivity index (χ3v) is 2.52. The second-order valence-corrected chi connectivity index (χ2v) is 3.71. The molecular weight excluding hydrogens is 208 g/mol. The molecule has 1 unspecified atom stereocenters. The van der Waals surface area contributed by atoms with Crippen LogP contribution in [0.4, 0.5) is 10.5 Å². The summed E-state index contributed by atoms with van der Waals surface area (Å²) in [6.07, 6.45) is 0.177. The standard InChI is InChI=1S/C11H14N2O3/c12-6-5-10-7-13(11(15)16-10)8-1-3-9(14)4-2-8/h1-4,10,14H,5-7,12H2. The van der Waals surface area contributed by atoms with Gasteiger partial charge in [-0.3, -0.25) is 4.90 Å². The van der Waals surface area contributed by atoms with Crippen LogP contribution in [0.3, 0.4) is 0 Å². The van der Waals surface area contributed by atoms with Gasteiger partial charge in [-0.05, 0) is 37.2 Å². The van der Waals surface area contributed by atoms with Gasteiger partial charge in [0.2, 0.25) is 0 Å². The number of ether oxygens (including phenoxy) is 1. The summed E-state index contributed by atoms with van der Waals surface area (Å²) in [6, 6.07) is 6.45. The van der Waals surface area contributed by atoms with Gasteiger partial charge in [-0.25, -0.2) is 4.79 Å². The topological polar surface area (TPSA) is 75.8 Å². The number of carbonyl (C=O) groups is 1. The first-order valence-corrected chi connectivity index (χ1v) is 5.18. The van der Waals surface area contributed by atoms with E-state index in [-0.39, 0.29) is 17.9 Å². The first kappa shape index (κ1) is 10.8. The molecule has 1 aromatic carbocycles. The summed E-state index contributed by atoms with van der Waals surface area (Å²) in [7, 11) is 0. The van der Waals surface area contributed by atoms with Crippen molar-refractivity contribution in [1.29, 1.82) is 0 Å². The van der Waals surface area contributed by atoms with E-state index in [0.717, 1.165) is 5.69 Å². The van der Waals surface area contributed by atoms with Gasteiger partial charge in [0.1, 0.15) is 11.9 Å². The zero-order valence-electron chi connectivity index (χ0n) is 8.80. The molecule has 1 aromatic rings. The predicted octanol–water partition coefficient (Wildman–Crippen LogP) is 1.07. The molecular formula is C11H14N2O3. The van der Waals surface area contributed by atoms with Crippen LogP contribution in [0, 0.1) is 0 Å². The molecule has 0 spiro atoms. The van der Waals surface area contributed by atoms with Gasteiger partial charge in [0.05, 0.1) is 6.54 Å². The van der Waals surface area contributed by atoms with Crippen molar-refractivity contribution < 1.29 is 14.6 Å². The van der Waals surface area contributed by atoms with E-state index >= 15 is 0 Å². The highest BCUT2D eigenvalue weighted by Crippen LogP contribution is 2.24. The third kappa shape index (κ3) is 2.09. The average Bonchev–Trinajstić information content (AvgIpc) is 2.61. The van der Waals surface area contributed by atoms with Crippen LogP contribution < -0.4 is 10.6 Å². The fourth-order valence-electron chi connectivity index (χ4n) is 1.70. The number of nitrogens with two attached hydrogens (primary N) is 1. The SMILES string of the molecule is NCCC1CN(c2ccc(O)cc2)C(=O)O1. The molecule has 3 N–H and O–H groups in total. The largest absolute Gasteiger partial charge is 0.508 e. The Hall–Kier alpha value is -1.75. The lowest BCUT2D eigenvalue weighted by atomic mass is 10.2. The van der Waals surface area contributed by atoms with Crippen molar-refractivity contribution in [1.82, 2.24) is 0 Å². The Morgan fingerprint density at radius 3 is 2.75 bits per heavy atom. The van der Waals surface area contributed by atoms with Crippen LogP contribution >= 0.6 is 0 Å². The highest BCUT2D eigenvalue weighted by Gasteiger charge is 2.31. The molecule has 5 heteroatoms. The van der Waals surface area contributed by atoms with E-state index < -0.39 is 0 Å². The first-order valence-electron chi connectivity index (χ1n) is 5.18. The second kappa shape index (κ2) is 4.40. The molecule has 16 heavy (non-hydrogen) atoms. The van der Waals surface area contributed by atoms with Crippen molar-refractivity contribution in [2.45, 2.75) is 12.5 Å². The molecule has 1 aliphatic heterocycles. The fraction of sp³-hybridized carbons (Fsp3) is 0.364. The minimum absolute atomic E-state index is 0.133. The molecule has 0 saturated carbocycles. The molecule has 1 fully saturated rings. The van der Waals surface area contributed by atoms with Crippen molar-refractivity contribution in [3.8, 4) is 5.75 Å². The lowest BCUT2D eigenvalue weighted by Gasteiger charge is -2.12. The average molecular weight is 222 g/mol. The molecule has 2 rings (SSSR count). The monoisotopic (exact) mass is 222 g/mol. The highest BCUT2D eigenvalue weighted by atomic mass is 16.6. The Kier molecular flexibility index (Phi) is 2.96. The van der Waals surface area contributed by atoms with Gasteiger partial charge < -0.3 is 15.6 Å². The van der Waals surface area contributed by atoms with Crippen LogP contribution in [0.5, 0.6) is 5.75 Å². The number of anilines is 1. The van der Waals surface area contributed by atoms with E-state index in [0.29, 0.717) is 19.5 Å².